The van der Waals surface area contributed by atoms with E-state index >= 15 is 0 Å². The molecule has 4 rings (SSSR count). The molecule has 1 amide bonds. The number of amides is 1. The quantitative estimate of drug-likeness (QED) is 0.256. The lowest BCUT2D eigenvalue weighted by atomic mass is 10.1. The maximum absolute atomic E-state index is 12.6. The van der Waals surface area contributed by atoms with E-state index in [0.29, 0.717) is 22.3 Å². The highest BCUT2D eigenvalue weighted by atomic mass is 79.9. The van der Waals surface area contributed by atoms with Crippen molar-refractivity contribution in [1.82, 2.24) is 14.8 Å². The molecule has 8 heteroatoms. The molecule has 168 valence electrons. The number of nitrogens with zero attached hydrogens (tertiary/aromatic N) is 3. The molecule has 0 unspecified atom stereocenters. The topological polar surface area (TPSA) is 59.8 Å². The Labute approximate surface area is 210 Å². The first-order valence-corrected chi connectivity index (χ1v) is 12.6. The number of aryl methyl sites for hydroxylation is 1. The molecule has 1 aromatic heterocycles. The Morgan fingerprint density at radius 3 is 2.48 bits per heavy atom. The Balaban J connectivity index is 1.55. The molecule has 4 aromatic rings. The third-order valence-electron chi connectivity index (χ3n) is 5.05. The third-order valence-corrected chi connectivity index (χ3v) is 6.78. The van der Waals surface area contributed by atoms with E-state index in [-0.39, 0.29) is 11.7 Å². The molecule has 0 saturated carbocycles. The van der Waals surface area contributed by atoms with Crippen LogP contribution in [-0.4, -0.2) is 26.4 Å². The summed E-state index contributed by atoms with van der Waals surface area (Å²) in [4.78, 5) is 12.6. The molecule has 1 heterocycles. The number of carbonyl (C=O) groups excluding carboxylic acids is 1. The van der Waals surface area contributed by atoms with Crippen LogP contribution in [0, 0.1) is 0 Å². The zero-order valence-corrected chi connectivity index (χ0v) is 21.1. The van der Waals surface area contributed by atoms with Crippen molar-refractivity contribution < 1.29 is 4.79 Å². The van der Waals surface area contributed by atoms with Crippen molar-refractivity contribution in [2.24, 2.45) is 0 Å². The highest BCUT2D eigenvalue weighted by Crippen LogP contribution is 2.27. The molecule has 3 aromatic carbocycles. The lowest BCUT2D eigenvalue weighted by molar-refractivity contribution is -0.113. The van der Waals surface area contributed by atoms with Crippen LogP contribution in [0.4, 0.5) is 5.69 Å². The fourth-order valence-corrected chi connectivity index (χ4v) is 4.83. The zero-order chi connectivity index (χ0) is 23.2. The van der Waals surface area contributed by atoms with Crippen molar-refractivity contribution >= 4 is 50.9 Å². The minimum absolute atomic E-state index is 0.162. The maximum atomic E-state index is 12.6. The largest absolute Gasteiger partial charge is 0.324 e. The Kier molecular flexibility index (Phi) is 7.85. The number of hydrogen-bond donors (Lipinski definition) is 1. The van der Waals surface area contributed by atoms with Crippen molar-refractivity contribution in [1.29, 1.82) is 0 Å². The van der Waals surface area contributed by atoms with E-state index < -0.39 is 0 Å². The Morgan fingerprint density at radius 2 is 1.79 bits per heavy atom. The summed E-state index contributed by atoms with van der Waals surface area (Å²) in [5.74, 6) is 0.845. The van der Waals surface area contributed by atoms with E-state index in [4.69, 9.17) is 11.6 Å². The number of carbonyl (C=O) groups is 1. The fraction of sp³-hybridized carbons (Fsp3) is 0.160. The minimum Gasteiger partial charge on any atom is -0.324 e. The van der Waals surface area contributed by atoms with Gasteiger partial charge < -0.3 is 5.32 Å². The second-order valence-corrected chi connectivity index (χ2v) is 9.64. The van der Waals surface area contributed by atoms with Gasteiger partial charge in [-0.25, -0.2) is 0 Å². The second kappa shape index (κ2) is 11.0. The van der Waals surface area contributed by atoms with Gasteiger partial charge in [0.2, 0.25) is 5.91 Å². The van der Waals surface area contributed by atoms with E-state index in [0.717, 1.165) is 28.0 Å². The average molecular weight is 542 g/mol. The van der Waals surface area contributed by atoms with Crippen LogP contribution in [0.25, 0.3) is 5.69 Å². The van der Waals surface area contributed by atoms with Crippen LogP contribution in [0.15, 0.2) is 82.4 Å². The molecule has 0 aliphatic carbocycles. The molecular weight excluding hydrogens is 520 g/mol. The predicted octanol–water partition coefficient (Wildman–Crippen LogP) is 6.57. The van der Waals surface area contributed by atoms with Crippen LogP contribution in [0.1, 0.15) is 23.9 Å². The summed E-state index contributed by atoms with van der Waals surface area (Å²) in [5.41, 5.74) is 3.96. The molecule has 0 aliphatic heterocycles. The summed E-state index contributed by atoms with van der Waals surface area (Å²) in [6.07, 6.45) is 1.62. The van der Waals surface area contributed by atoms with E-state index in [1.54, 1.807) is 12.1 Å². The van der Waals surface area contributed by atoms with Crippen LogP contribution in [0.3, 0.4) is 0 Å². The van der Waals surface area contributed by atoms with Crippen LogP contribution < -0.4 is 5.32 Å². The first kappa shape index (κ1) is 23.5. The van der Waals surface area contributed by atoms with E-state index in [1.807, 2.05) is 28.8 Å². The normalized spacial score (nSPS) is 10.9. The number of nitrogens with one attached hydrogen (secondary N) is 1. The number of aromatic nitrogens is 3. The number of hydrogen-bond acceptors (Lipinski definition) is 4. The van der Waals surface area contributed by atoms with E-state index in [9.17, 15) is 4.79 Å². The van der Waals surface area contributed by atoms with Crippen LogP contribution in [0.5, 0.6) is 0 Å². The van der Waals surface area contributed by atoms with Gasteiger partial charge in [-0.3, -0.25) is 9.36 Å². The molecular formula is C25H22BrClN4OS. The monoisotopic (exact) mass is 540 g/mol. The van der Waals surface area contributed by atoms with Gasteiger partial charge in [-0.05, 0) is 47.9 Å². The average Bonchev–Trinajstić information content (AvgIpc) is 3.22. The van der Waals surface area contributed by atoms with Crippen molar-refractivity contribution in [3.63, 3.8) is 0 Å². The van der Waals surface area contributed by atoms with Gasteiger partial charge in [0.15, 0.2) is 5.16 Å². The second-order valence-electron chi connectivity index (χ2n) is 7.38. The molecule has 0 bridgehead atoms. The Hall–Kier alpha value is -2.61. The van der Waals surface area contributed by atoms with Crippen LogP contribution in [-0.2, 0) is 17.6 Å². The molecule has 33 heavy (non-hydrogen) atoms. The molecule has 5 nitrogen and oxygen atoms in total. The zero-order valence-electron chi connectivity index (χ0n) is 18.0. The summed E-state index contributed by atoms with van der Waals surface area (Å²) in [5, 5.41) is 12.9. The summed E-state index contributed by atoms with van der Waals surface area (Å²) >= 11 is 10.9. The van der Waals surface area contributed by atoms with E-state index in [1.165, 1.54) is 17.3 Å². The lowest BCUT2D eigenvalue weighted by Crippen LogP contribution is -2.15. The molecule has 0 atom stereocenters. The Morgan fingerprint density at radius 1 is 1.03 bits per heavy atom. The van der Waals surface area contributed by atoms with Crippen molar-refractivity contribution in [3.8, 4) is 5.69 Å². The first-order valence-electron chi connectivity index (χ1n) is 10.5. The highest BCUT2D eigenvalue weighted by Gasteiger charge is 2.17. The van der Waals surface area contributed by atoms with Gasteiger partial charge in [0, 0.05) is 16.6 Å². The summed E-state index contributed by atoms with van der Waals surface area (Å²) in [7, 11) is 0. The number of benzene rings is 3. The summed E-state index contributed by atoms with van der Waals surface area (Å²) < 4.78 is 2.88. The number of thioether (sulfide) groups is 1. The number of anilines is 1. The van der Waals surface area contributed by atoms with Gasteiger partial charge in [0.05, 0.1) is 16.5 Å². The standard InChI is InChI=1S/C25H22BrClN4OS/c1-2-17-8-11-20(12-9-17)31-23(14-18-6-4-3-5-7-18)29-30-25(31)33-16-24(32)28-22-13-10-19(26)15-21(22)27/h3-13,15H,2,14,16H2,1H3,(H,28,32). The fourth-order valence-electron chi connectivity index (χ4n) is 3.33. The molecule has 0 fully saturated rings. The number of halogens is 2. The van der Waals surface area contributed by atoms with Gasteiger partial charge in [-0.2, -0.15) is 0 Å². The Bertz CT molecular complexity index is 1250. The lowest BCUT2D eigenvalue weighted by Gasteiger charge is -2.11. The molecule has 0 radical (unpaired) electrons. The van der Waals surface area contributed by atoms with Gasteiger partial charge in [-0.1, -0.05) is 88.7 Å². The maximum Gasteiger partial charge on any atom is 0.234 e. The van der Waals surface area contributed by atoms with Crippen LogP contribution in [0.2, 0.25) is 5.02 Å². The SMILES string of the molecule is CCc1ccc(-n2c(Cc3ccccc3)nnc2SCC(=O)Nc2ccc(Br)cc2Cl)cc1. The first-order chi connectivity index (χ1) is 16.0. The molecule has 0 spiro atoms. The number of rotatable bonds is 8. The molecule has 1 N–H and O–H groups in total. The summed E-state index contributed by atoms with van der Waals surface area (Å²) in [6.45, 7) is 2.13. The third kappa shape index (κ3) is 6.05. The van der Waals surface area contributed by atoms with Crippen molar-refractivity contribution in [2.45, 2.75) is 24.9 Å². The minimum atomic E-state index is -0.162. The highest BCUT2D eigenvalue weighted by molar-refractivity contribution is 9.10. The van der Waals surface area contributed by atoms with Crippen molar-refractivity contribution in [2.75, 3.05) is 11.1 Å². The molecule has 0 aliphatic rings. The van der Waals surface area contributed by atoms with E-state index in [2.05, 4.69) is 74.8 Å². The van der Waals surface area contributed by atoms with Gasteiger partial charge in [-0.15, -0.1) is 10.2 Å². The molecule has 0 saturated heterocycles. The van der Waals surface area contributed by atoms with Gasteiger partial charge in [0.1, 0.15) is 5.82 Å². The predicted molar refractivity (Wildman–Crippen MR) is 138 cm³/mol. The van der Waals surface area contributed by atoms with Crippen molar-refractivity contribution in [3.05, 3.63) is 99.2 Å². The summed E-state index contributed by atoms with van der Waals surface area (Å²) in [6, 6.07) is 23.9. The van der Waals surface area contributed by atoms with Gasteiger partial charge >= 0.3 is 0 Å². The van der Waals surface area contributed by atoms with Crippen LogP contribution >= 0.6 is 39.3 Å². The smallest absolute Gasteiger partial charge is 0.234 e. The van der Waals surface area contributed by atoms with Gasteiger partial charge in [0.25, 0.3) is 0 Å².